The first kappa shape index (κ1) is 17.0. The smallest absolute Gasteiger partial charge is 0.268 e. The molecular formula is C21H21N5O. The number of fused-ring (bicyclic) bond motifs is 1. The van der Waals surface area contributed by atoms with Crippen molar-refractivity contribution in [2.24, 2.45) is 0 Å². The zero-order valence-electron chi connectivity index (χ0n) is 15.5. The molecule has 0 saturated carbocycles. The van der Waals surface area contributed by atoms with Crippen molar-refractivity contribution < 1.29 is 4.79 Å². The summed E-state index contributed by atoms with van der Waals surface area (Å²) in [5, 5.41) is 8.25. The topological polar surface area (TPSA) is 75.6 Å². The average Bonchev–Trinajstić information content (AvgIpc) is 3.31. The van der Waals surface area contributed by atoms with Crippen molar-refractivity contribution in [2.45, 2.75) is 26.8 Å². The van der Waals surface area contributed by atoms with Gasteiger partial charge in [0, 0.05) is 10.9 Å². The molecule has 1 atom stereocenters. The number of hydrogen-bond donors (Lipinski definition) is 2. The highest BCUT2D eigenvalue weighted by Crippen LogP contribution is 2.22. The Hall–Kier alpha value is -3.41. The highest BCUT2D eigenvalue weighted by molar-refractivity contribution is 5.99. The zero-order valence-corrected chi connectivity index (χ0v) is 15.5. The molecule has 0 radical (unpaired) electrons. The van der Waals surface area contributed by atoms with Crippen LogP contribution in [-0.2, 0) is 0 Å². The number of amides is 1. The molecule has 0 aliphatic rings. The average molecular weight is 359 g/mol. The van der Waals surface area contributed by atoms with Crippen LogP contribution in [0.3, 0.4) is 0 Å². The predicted octanol–water partition coefficient (Wildman–Crippen LogP) is 3.86. The Bertz CT molecular complexity index is 1090. The number of carbonyl (C=O) groups is 1. The third kappa shape index (κ3) is 3.33. The summed E-state index contributed by atoms with van der Waals surface area (Å²) in [6.07, 6.45) is 3.15. The van der Waals surface area contributed by atoms with Crippen molar-refractivity contribution in [3.8, 4) is 5.69 Å². The lowest BCUT2D eigenvalue weighted by atomic mass is 10.1. The van der Waals surface area contributed by atoms with E-state index in [1.165, 1.54) is 11.9 Å². The van der Waals surface area contributed by atoms with E-state index >= 15 is 0 Å². The minimum Gasteiger partial charge on any atom is -0.351 e. The lowest BCUT2D eigenvalue weighted by Gasteiger charge is -2.14. The first-order valence-corrected chi connectivity index (χ1v) is 8.87. The van der Waals surface area contributed by atoms with E-state index in [4.69, 9.17) is 0 Å². The Balaban J connectivity index is 1.51. The molecule has 4 rings (SSSR count). The number of benzene rings is 2. The van der Waals surface area contributed by atoms with Crippen LogP contribution in [0.25, 0.3) is 16.6 Å². The van der Waals surface area contributed by atoms with Gasteiger partial charge in [0.05, 0.1) is 11.7 Å². The highest BCUT2D eigenvalue weighted by Gasteiger charge is 2.15. The molecule has 2 aromatic heterocycles. The summed E-state index contributed by atoms with van der Waals surface area (Å²) >= 11 is 0. The van der Waals surface area contributed by atoms with Gasteiger partial charge < -0.3 is 10.3 Å². The van der Waals surface area contributed by atoms with Crippen LogP contribution in [-0.4, -0.2) is 25.7 Å². The molecular weight excluding hydrogens is 338 g/mol. The van der Waals surface area contributed by atoms with E-state index in [0.717, 1.165) is 27.7 Å². The molecule has 2 aromatic carbocycles. The van der Waals surface area contributed by atoms with Crippen molar-refractivity contribution in [2.75, 3.05) is 0 Å². The van der Waals surface area contributed by atoms with E-state index in [1.807, 2.05) is 37.3 Å². The molecule has 136 valence electrons. The van der Waals surface area contributed by atoms with Gasteiger partial charge >= 0.3 is 0 Å². The summed E-state index contributed by atoms with van der Waals surface area (Å²) < 4.78 is 1.70. The van der Waals surface area contributed by atoms with Crippen molar-refractivity contribution in [3.05, 3.63) is 77.5 Å². The number of carbonyl (C=O) groups excluding carboxylic acids is 1. The van der Waals surface area contributed by atoms with Crippen LogP contribution in [0.1, 0.15) is 40.1 Å². The van der Waals surface area contributed by atoms with E-state index in [1.54, 1.807) is 11.0 Å². The fourth-order valence-corrected chi connectivity index (χ4v) is 3.34. The second-order valence-corrected chi connectivity index (χ2v) is 6.85. The molecule has 0 aliphatic heterocycles. The normalized spacial score (nSPS) is 12.3. The largest absolute Gasteiger partial charge is 0.351 e. The molecule has 4 aromatic rings. The second-order valence-electron chi connectivity index (χ2n) is 6.85. The minimum absolute atomic E-state index is 0.114. The van der Waals surface area contributed by atoms with Gasteiger partial charge in [-0.15, -0.1) is 0 Å². The maximum Gasteiger partial charge on any atom is 0.268 e. The lowest BCUT2D eigenvalue weighted by molar-refractivity contribution is 0.0935. The van der Waals surface area contributed by atoms with Crippen LogP contribution in [0.2, 0.25) is 0 Å². The Kier molecular flexibility index (Phi) is 4.24. The standard InChI is InChI=1S/C21H21N5O/c1-13-8-14(2)18-10-20(25-19(18)9-13)21(27)24-15(3)16-4-6-17(7-5-16)26-12-22-11-23-26/h4-12,15,25H,1-3H3,(H,24,27). The van der Waals surface area contributed by atoms with E-state index in [0.29, 0.717) is 5.69 Å². The summed E-state index contributed by atoms with van der Waals surface area (Å²) in [6.45, 7) is 6.09. The SMILES string of the molecule is Cc1cc(C)c2cc(C(=O)NC(C)c3ccc(-n4cncn4)cc3)[nH]c2c1. The fourth-order valence-electron chi connectivity index (χ4n) is 3.34. The molecule has 0 fully saturated rings. The second kappa shape index (κ2) is 6.72. The van der Waals surface area contributed by atoms with Gasteiger partial charge in [0.25, 0.3) is 5.91 Å². The van der Waals surface area contributed by atoms with E-state index in [-0.39, 0.29) is 11.9 Å². The van der Waals surface area contributed by atoms with Gasteiger partial charge in [-0.1, -0.05) is 18.2 Å². The number of aromatic nitrogens is 4. The van der Waals surface area contributed by atoms with Crippen LogP contribution < -0.4 is 5.32 Å². The zero-order chi connectivity index (χ0) is 19.0. The van der Waals surface area contributed by atoms with Gasteiger partial charge in [-0.2, -0.15) is 5.10 Å². The third-order valence-corrected chi connectivity index (χ3v) is 4.76. The molecule has 1 amide bonds. The molecule has 2 N–H and O–H groups in total. The molecule has 6 heteroatoms. The van der Waals surface area contributed by atoms with Gasteiger partial charge in [-0.3, -0.25) is 4.79 Å². The Morgan fingerprint density at radius 2 is 1.93 bits per heavy atom. The van der Waals surface area contributed by atoms with E-state index in [2.05, 4.69) is 46.4 Å². The first-order chi connectivity index (χ1) is 13.0. The van der Waals surface area contributed by atoms with Gasteiger partial charge in [0.2, 0.25) is 0 Å². The Labute approximate surface area is 157 Å². The number of aromatic amines is 1. The van der Waals surface area contributed by atoms with Gasteiger partial charge in [-0.25, -0.2) is 9.67 Å². The van der Waals surface area contributed by atoms with Crippen LogP contribution in [0, 0.1) is 13.8 Å². The van der Waals surface area contributed by atoms with Gasteiger partial charge in [0.1, 0.15) is 18.3 Å². The van der Waals surface area contributed by atoms with E-state index < -0.39 is 0 Å². The van der Waals surface area contributed by atoms with Crippen LogP contribution in [0.15, 0.2) is 55.1 Å². The maximum atomic E-state index is 12.7. The number of hydrogen-bond acceptors (Lipinski definition) is 3. The van der Waals surface area contributed by atoms with E-state index in [9.17, 15) is 4.79 Å². The van der Waals surface area contributed by atoms with Gasteiger partial charge in [-0.05, 0) is 61.7 Å². The molecule has 6 nitrogen and oxygen atoms in total. The number of nitrogens with one attached hydrogen (secondary N) is 2. The van der Waals surface area contributed by atoms with Crippen molar-refractivity contribution in [1.82, 2.24) is 25.1 Å². The summed E-state index contributed by atoms with van der Waals surface area (Å²) in [4.78, 5) is 19.9. The molecule has 27 heavy (non-hydrogen) atoms. The predicted molar refractivity (Wildman–Crippen MR) is 105 cm³/mol. The number of aryl methyl sites for hydroxylation is 2. The van der Waals surface area contributed by atoms with Crippen LogP contribution >= 0.6 is 0 Å². The Morgan fingerprint density at radius 1 is 1.15 bits per heavy atom. The van der Waals surface area contributed by atoms with Crippen molar-refractivity contribution >= 4 is 16.8 Å². The number of nitrogens with zero attached hydrogens (tertiary/aromatic N) is 3. The van der Waals surface area contributed by atoms with Gasteiger partial charge in [0.15, 0.2) is 0 Å². The fraction of sp³-hybridized carbons (Fsp3) is 0.190. The molecule has 2 heterocycles. The summed E-state index contributed by atoms with van der Waals surface area (Å²) in [6, 6.07) is 13.9. The summed E-state index contributed by atoms with van der Waals surface area (Å²) in [5.41, 5.74) is 5.85. The van der Waals surface area contributed by atoms with Crippen molar-refractivity contribution in [3.63, 3.8) is 0 Å². The Morgan fingerprint density at radius 3 is 2.63 bits per heavy atom. The summed E-state index contributed by atoms with van der Waals surface area (Å²) in [7, 11) is 0. The first-order valence-electron chi connectivity index (χ1n) is 8.87. The number of H-pyrrole nitrogens is 1. The van der Waals surface area contributed by atoms with Crippen LogP contribution in [0.4, 0.5) is 0 Å². The molecule has 0 aliphatic carbocycles. The minimum atomic E-state index is -0.115. The number of rotatable bonds is 4. The molecule has 0 bridgehead atoms. The van der Waals surface area contributed by atoms with Crippen LogP contribution in [0.5, 0.6) is 0 Å². The monoisotopic (exact) mass is 359 g/mol. The highest BCUT2D eigenvalue weighted by atomic mass is 16.1. The lowest BCUT2D eigenvalue weighted by Crippen LogP contribution is -2.26. The summed E-state index contributed by atoms with van der Waals surface area (Å²) in [5.74, 6) is -0.115. The quantitative estimate of drug-likeness (QED) is 0.581. The maximum absolute atomic E-state index is 12.7. The van der Waals surface area contributed by atoms with Crippen molar-refractivity contribution in [1.29, 1.82) is 0 Å². The third-order valence-electron chi connectivity index (χ3n) is 4.76. The molecule has 0 spiro atoms. The molecule has 1 unspecified atom stereocenters. The molecule has 0 saturated heterocycles.